The quantitative estimate of drug-likeness (QED) is 0.417. The molecule has 0 saturated carbocycles. The number of ketones is 1. The zero-order valence-corrected chi connectivity index (χ0v) is 18.9. The first kappa shape index (κ1) is 23.0. The Balaban J connectivity index is 1.54. The normalized spacial score (nSPS) is 12.1. The highest BCUT2D eigenvalue weighted by atomic mass is 16.7. The van der Waals surface area contributed by atoms with Crippen LogP contribution >= 0.6 is 0 Å². The molecule has 0 saturated heterocycles. The van der Waals surface area contributed by atoms with Crippen molar-refractivity contribution in [1.29, 1.82) is 0 Å². The van der Waals surface area contributed by atoms with Gasteiger partial charge in [-0.05, 0) is 25.0 Å². The van der Waals surface area contributed by atoms with Gasteiger partial charge in [-0.3, -0.25) is 14.4 Å². The van der Waals surface area contributed by atoms with Gasteiger partial charge < -0.3 is 19.5 Å². The Hall–Kier alpha value is -4.21. The molecule has 10 heteroatoms. The van der Waals surface area contributed by atoms with E-state index in [4.69, 9.17) is 14.2 Å². The lowest BCUT2D eigenvalue weighted by atomic mass is 10.1. The molecule has 10 nitrogen and oxygen atoms in total. The number of hydrogen-bond acceptors (Lipinski definition) is 8. The maximum Gasteiger partial charge on any atom is 0.359 e. The summed E-state index contributed by atoms with van der Waals surface area (Å²) >= 11 is 0. The van der Waals surface area contributed by atoms with Crippen LogP contribution in [0.15, 0.2) is 41.2 Å². The molecule has 0 atom stereocenters. The topological polar surface area (TPSA) is 126 Å². The third-order valence-corrected chi connectivity index (χ3v) is 5.10. The number of nitrogens with zero attached hydrogens (tertiary/aromatic N) is 2. The van der Waals surface area contributed by atoms with E-state index in [1.54, 1.807) is 24.3 Å². The van der Waals surface area contributed by atoms with Gasteiger partial charge in [-0.1, -0.05) is 32.0 Å². The number of nitrogens with one attached hydrogen (secondary N) is 1. The lowest BCUT2D eigenvalue weighted by Crippen LogP contribution is -2.29. The second-order valence-corrected chi connectivity index (χ2v) is 8.21. The third-order valence-electron chi connectivity index (χ3n) is 5.10. The number of benzene rings is 2. The average molecular weight is 465 g/mol. The van der Waals surface area contributed by atoms with Crippen molar-refractivity contribution < 1.29 is 28.6 Å². The summed E-state index contributed by atoms with van der Waals surface area (Å²) in [6, 6.07) is 9.57. The number of Topliss-reactive ketones (excluding diaryl/α,β-unsaturated/α-hetero) is 1. The molecule has 0 spiro atoms. The molecule has 2 aromatic carbocycles. The number of anilines is 1. The van der Waals surface area contributed by atoms with Crippen LogP contribution in [0, 0.1) is 5.92 Å². The highest BCUT2D eigenvalue weighted by Crippen LogP contribution is 2.37. The summed E-state index contributed by atoms with van der Waals surface area (Å²) in [4.78, 5) is 50.0. The van der Waals surface area contributed by atoms with Gasteiger partial charge in [-0.15, -0.1) is 0 Å². The number of carbonyl (C=O) groups excluding carboxylic acids is 3. The van der Waals surface area contributed by atoms with Gasteiger partial charge in [0.1, 0.15) is 0 Å². The molecule has 0 bridgehead atoms. The summed E-state index contributed by atoms with van der Waals surface area (Å²) in [6.07, 6.45) is 0. The number of rotatable bonds is 7. The first-order chi connectivity index (χ1) is 16.2. The number of carbonyl (C=O) groups is 3. The molecule has 1 aromatic heterocycles. The van der Waals surface area contributed by atoms with Crippen LogP contribution in [0.2, 0.25) is 0 Å². The van der Waals surface area contributed by atoms with Crippen molar-refractivity contribution in [3.63, 3.8) is 0 Å². The first-order valence-corrected chi connectivity index (χ1v) is 10.7. The van der Waals surface area contributed by atoms with E-state index < -0.39 is 18.5 Å². The standard InChI is InChI=1S/C24H23N3O7/c1-13(2)10-27-23(30)16-7-5-4-6-15(16)22(26-27)24(31)32-11-21(29)25-18-9-20-19(33-12-34-20)8-17(18)14(3)28/h4-9,13H,10-12H2,1-3H3,(H,25,29). The Morgan fingerprint density at radius 3 is 2.47 bits per heavy atom. The van der Waals surface area contributed by atoms with Crippen molar-refractivity contribution in [2.45, 2.75) is 27.3 Å². The van der Waals surface area contributed by atoms with Crippen molar-refractivity contribution in [1.82, 2.24) is 9.78 Å². The molecule has 0 radical (unpaired) electrons. The van der Waals surface area contributed by atoms with Gasteiger partial charge in [0.2, 0.25) is 6.79 Å². The van der Waals surface area contributed by atoms with Crippen molar-refractivity contribution in [3.05, 3.63) is 58.0 Å². The lowest BCUT2D eigenvalue weighted by Gasteiger charge is -2.13. The number of amides is 1. The molecule has 0 unspecified atom stereocenters. The molecule has 0 aliphatic carbocycles. The van der Waals surface area contributed by atoms with Crippen LogP contribution in [-0.2, 0) is 16.1 Å². The number of fused-ring (bicyclic) bond motifs is 2. The Morgan fingerprint density at radius 2 is 1.79 bits per heavy atom. The van der Waals surface area contributed by atoms with Crippen LogP contribution in [0.3, 0.4) is 0 Å². The van der Waals surface area contributed by atoms with Gasteiger partial charge >= 0.3 is 5.97 Å². The zero-order valence-electron chi connectivity index (χ0n) is 18.9. The average Bonchev–Trinajstić information content (AvgIpc) is 3.26. The molecule has 1 aliphatic rings. The van der Waals surface area contributed by atoms with Gasteiger partial charge in [0.25, 0.3) is 11.5 Å². The minimum atomic E-state index is -0.846. The maximum atomic E-state index is 12.8. The van der Waals surface area contributed by atoms with Crippen molar-refractivity contribution in [2.75, 3.05) is 18.7 Å². The Kier molecular flexibility index (Phi) is 6.31. The van der Waals surface area contributed by atoms with E-state index in [0.29, 0.717) is 28.8 Å². The summed E-state index contributed by atoms with van der Waals surface area (Å²) in [5, 5.41) is 7.44. The zero-order chi connectivity index (χ0) is 24.4. The lowest BCUT2D eigenvalue weighted by molar-refractivity contribution is -0.119. The smallest absolute Gasteiger partial charge is 0.359 e. The van der Waals surface area contributed by atoms with Crippen LogP contribution in [0.1, 0.15) is 41.6 Å². The van der Waals surface area contributed by atoms with Gasteiger partial charge in [0, 0.05) is 23.6 Å². The van der Waals surface area contributed by atoms with Crippen LogP contribution < -0.4 is 20.3 Å². The van der Waals surface area contributed by atoms with Gasteiger partial charge in [-0.2, -0.15) is 5.10 Å². The van der Waals surface area contributed by atoms with E-state index >= 15 is 0 Å². The molecule has 0 fully saturated rings. The van der Waals surface area contributed by atoms with Gasteiger partial charge in [0.05, 0.1) is 11.1 Å². The van der Waals surface area contributed by atoms with E-state index in [9.17, 15) is 19.2 Å². The molecule has 1 aliphatic heterocycles. The Labute approximate surface area is 194 Å². The summed E-state index contributed by atoms with van der Waals surface area (Å²) in [7, 11) is 0. The summed E-state index contributed by atoms with van der Waals surface area (Å²) < 4.78 is 17.0. The minimum absolute atomic E-state index is 0.0155. The second-order valence-electron chi connectivity index (χ2n) is 8.21. The fraction of sp³-hybridized carbons (Fsp3) is 0.292. The maximum absolute atomic E-state index is 12.8. The highest BCUT2D eigenvalue weighted by Gasteiger charge is 2.22. The minimum Gasteiger partial charge on any atom is -0.454 e. The molecular formula is C24H23N3O7. The monoisotopic (exact) mass is 465 g/mol. The second kappa shape index (κ2) is 9.34. The summed E-state index contributed by atoms with van der Waals surface area (Å²) in [6.45, 7) is 4.93. The van der Waals surface area contributed by atoms with Gasteiger partial charge in [0.15, 0.2) is 29.6 Å². The Morgan fingerprint density at radius 1 is 1.12 bits per heavy atom. The highest BCUT2D eigenvalue weighted by molar-refractivity contribution is 6.06. The van der Waals surface area contributed by atoms with Crippen molar-refractivity contribution >= 4 is 34.1 Å². The summed E-state index contributed by atoms with van der Waals surface area (Å²) in [5.74, 6) is -0.868. The first-order valence-electron chi connectivity index (χ1n) is 10.7. The van der Waals surface area contributed by atoms with Crippen LogP contribution in [0.4, 0.5) is 5.69 Å². The van der Waals surface area contributed by atoms with E-state index in [2.05, 4.69) is 10.4 Å². The summed E-state index contributed by atoms with van der Waals surface area (Å²) in [5.41, 5.74) is 0.0820. The van der Waals surface area contributed by atoms with Crippen molar-refractivity contribution in [3.8, 4) is 11.5 Å². The molecular weight excluding hydrogens is 442 g/mol. The molecule has 1 amide bonds. The molecule has 1 N–H and O–H groups in total. The molecule has 176 valence electrons. The molecule has 3 aromatic rings. The molecule has 34 heavy (non-hydrogen) atoms. The fourth-order valence-electron chi connectivity index (χ4n) is 3.58. The third kappa shape index (κ3) is 4.61. The number of hydrogen-bond donors (Lipinski definition) is 1. The predicted molar refractivity (Wildman–Crippen MR) is 122 cm³/mol. The van der Waals surface area contributed by atoms with Crippen LogP contribution in [-0.4, -0.2) is 40.8 Å². The SMILES string of the molecule is CC(=O)c1cc2c(cc1NC(=O)COC(=O)c1nn(CC(C)C)c(=O)c3ccccc13)OCO2. The van der Waals surface area contributed by atoms with Gasteiger partial charge in [-0.25, -0.2) is 9.48 Å². The number of esters is 1. The van der Waals surface area contributed by atoms with E-state index in [-0.39, 0.29) is 41.0 Å². The number of aromatic nitrogens is 2. The fourth-order valence-corrected chi connectivity index (χ4v) is 3.58. The molecule has 4 rings (SSSR count). The molecule has 2 heterocycles. The number of ether oxygens (including phenoxy) is 3. The predicted octanol–water partition coefficient (Wildman–Crippen LogP) is 2.78. The van der Waals surface area contributed by atoms with Crippen LogP contribution in [0.5, 0.6) is 11.5 Å². The van der Waals surface area contributed by atoms with E-state index in [1.807, 2.05) is 13.8 Å². The van der Waals surface area contributed by atoms with Crippen molar-refractivity contribution in [2.24, 2.45) is 5.92 Å². The largest absolute Gasteiger partial charge is 0.454 e. The Bertz CT molecular complexity index is 1360. The van der Waals surface area contributed by atoms with E-state index in [0.717, 1.165) is 0 Å². The van der Waals surface area contributed by atoms with Crippen LogP contribution in [0.25, 0.3) is 10.8 Å². The van der Waals surface area contributed by atoms with E-state index in [1.165, 1.54) is 23.7 Å².